The molecule has 3 rings (SSSR count). The number of aromatic nitrogens is 3. The van der Waals surface area contributed by atoms with Gasteiger partial charge in [-0.3, -0.25) is 0 Å². The lowest BCUT2D eigenvalue weighted by Gasteiger charge is -2.07. The van der Waals surface area contributed by atoms with E-state index in [2.05, 4.69) is 10.1 Å². The summed E-state index contributed by atoms with van der Waals surface area (Å²) < 4.78 is 7.56. The highest BCUT2D eigenvalue weighted by atomic mass is 16.5. The van der Waals surface area contributed by atoms with Crippen LogP contribution in [0.2, 0.25) is 0 Å². The smallest absolute Gasteiger partial charge is 0.159 e. The highest BCUT2D eigenvalue weighted by Gasteiger charge is 2.03. The summed E-state index contributed by atoms with van der Waals surface area (Å²) in [6.45, 7) is 2.54. The number of hydrogen-bond acceptors (Lipinski definition) is 3. The number of aryl methyl sites for hydroxylation is 1. The van der Waals surface area contributed by atoms with Gasteiger partial charge in [-0.1, -0.05) is 30.3 Å². The Morgan fingerprint density at radius 3 is 2.83 bits per heavy atom. The summed E-state index contributed by atoms with van der Waals surface area (Å²) in [4.78, 5) is 4.17. The lowest BCUT2D eigenvalue weighted by molar-refractivity contribution is 0.306. The average Bonchev–Trinajstić information content (AvgIpc) is 2.86. The van der Waals surface area contributed by atoms with Crippen molar-refractivity contribution < 1.29 is 4.74 Å². The molecular weight excluding hydrogens is 226 g/mol. The molecule has 90 valence electrons. The minimum Gasteiger partial charge on any atom is -0.489 e. The summed E-state index contributed by atoms with van der Waals surface area (Å²) in [6, 6.07) is 14.0. The van der Waals surface area contributed by atoms with Crippen LogP contribution in [-0.4, -0.2) is 14.6 Å². The molecule has 0 saturated carbocycles. The zero-order valence-electron chi connectivity index (χ0n) is 10.1. The van der Waals surface area contributed by atoms with Crippen molar-refractivity contribution in [1.82, 2.24) is 14.6 Å². The van der Waals surface area contributed by atoms with Crippen LogP contribution in [-0.2, 0) is 6.61 Å². The van der Waals surface area contributed by atoms with Crippen LogP contribution >= 0.6 is 0 Å². The predicted molar refractivity (Wildman–Crippen MR) is 68.5 cm³/mol. The van der Waals surface area contributed by atoms with Crippen molar-refractivity contribution in [2.45, 2.75) is 13.5 Å². The molecule has 0 radical (unpaired) electrons. The lowest BCUT2D eigenvalue weighted by atomic mass is 10.2. The number of ether oxygens (including phenoxy) is 1. The molecule has 0 atom stereocenters. The summed E-state index contributed by atoms with van der Waals surface area (Å²) in [6.07, 6.45) is 1.54. The molecule has 2 heterocycles. The fraction of sp³-hybridized carbons (Fsp3) is 0.143. The maximum Gasteiger partial charge on any atom is 0.159 e. The third kappa shape index (κ3) is 2.05. The first-order chi connectivity index (χ1) is 8.83. The first kappa shape index (κ1) is 10.8. The molecule has 3 aromatic rings. The van der Waals surface area contributed by atoms with Crippen LogP contribution in [0.15, 0.2) is 48.8 Å². The maximum absolute atomic E-state index is 5.77. The van der Waals surface area contributed by atoms with Gasteiger partial charge in [0, 0.05) is 17.8 Å². The third-order valence-corrected chi connectivity index (χ3v) is 2.78. The Labute approximate surface area is 105 Å². The number of rotatable bonds is 3. The van der Waals surface area contributed by atoms with Gasteiger partial charge in [-0.2, -0.15) is 5.10 Å². The third-order valence-electron chi connectivity index (χ3n) is 2.78. The van der Waals surface area contributed by atoms with Crippen LogP contribution < -0.4 is 4.74 Å². The Kier molecular flexibility index (Phi) is 2.68. The Hall–Kier alpha value is -2.36. The lowest BCUT2D eigenvalue weighted by Crippen LogP contribution is -1.98. The Balaban J connectivity index is 1.82. The molecule has 2 aromatic heterocycles. The van der Waals surface area contributed by atoms with Crippen molar-refractivity contribution in [2.24, 2.45) is 0 Å². The molecule has 0 bridgehead atoms. The van der Waals surface area contributed by atoms with Crippen molar-refractivity contribution in [3.8, 4) is 5.75 Å². The monoisotopic (exact) mass is 239 g/mol. The van der Waals surface area contributed by atoms with E-state index in [1.54, 1.807) is 10.8 Å². The minimum atomic E-state index is 0.560. The summed E-state index contributed by atoms with van der Waals surface area (Å²) in [7, 11) is 0. The van der Waals surface area contributed by atoms with Gasteiger partial charge in [0.15, 0.2) is 5.65 Å². The molecule has 1 aromatic carbocycles. The zero-order chi connectivity index (χ0) is 12.4. The second-order valence-electron chi connectivity index (χ2n) is 4.14. The van der Waals surface area contributed by atoms with E-state index >= 15 is 0 Å². The van der Waals surface area contributed by atoms with E-state index in [1.807, 2.05) is 49.4 Å². The molecule has 0 amide bonds. The van der Waals surface area contributed by atoms with Gasteiger partial charge in [0.25, 0.3) is 0 Å². The van der Waals surface area contributed by atoms with E-state index in [-0.39, 0.29) is 0 Å². The second-order valence-corrected chi connectivity index (χ2v) is 4.14. The molecule has 0 aliphatic rings. The molecule has 18 heavy (non-hydrogen) atoms. The number of nitrogens with zero attached hydrogens (tertiary/aromatic N) is 3. The molecule has 0 aliphatic carbocycles. The molecule has 4 heteroatoms. The number of hydrogen-bond donors (Lipinski definition) is 0. The van der Waals surface area contributed by atoms with Crippen LogP contribution in [0, 0.1) is 6.92 Å². The van der Waals surface area contributed by atoms with Crippen molar-refractivity contribution in [1.29, 1.82) is 0 Å². The first-order valence-corrected chi connectivity index (χ1v) is 5.80. The van der Waals surface area contributed by atoms with Gasteiger partial charge in [0.2, 0.25) is 0 Å². The van der Waals surface area contributed by atoms with Gasteiger partial charge in [-0.15, -0.1) is 0 Å². The quantitative estimate of drug-likeness (QED) is 0.705. The van der Waals surface area contributed by atoms with Gasteiger partial charge in [0.05, 0.1) is 0 Å². The van der Waals surface area contributed by atoms with Gasteiger partial charge < -0.3 is 4.74 Å². The average molecular weight is 239 g/mol. The summed E-state index contributed by atoms with van der Waals surface area (Å²) in [5.74, 6) is 0.817. The summed E-state index contributed by atoms with van der Waals surface area (Å²) in [5, 5.41) is 4.13. The Morgan fingerprint density at radius 2 is 2.00 bits per heavy atom. The van der Waals surface area contributed by atoms with Crippen LogP contribution in [0.4, 0.5) is 0 Å². The van der Waals surface area contributed by atoms with Crippen LogP contribution in [0.5, 0.6) is 5.75 Å². The van der Waals surface area contributed by atoms with E-state index in [0.29, 0.717) is 6.61 Å². The minimum absolute atomic E-state index is 0.560. The van der Waals surface area contributed by atoms with Crippen molar-refractivity contribution in [3.63, 3.8) is 0 Å². The van der Waals surface area contributed by atoms with Crippen molar-refractivity contribution in [3.05, 3.63) is 60.0 Å². The van der Waals surface area contributed by atoms with Gasteiger partial charge >= 0.3 is 0 Å². The molecule has 0 fully saturated rings. The fourth-order valence-corrected chi connectivity index (χ4v) is 1.88. The number of benzene rings is 1. The largest absolute Gasteiger partial charge is 0.489 e. The molecule has 0 unspecified atom stereocenters. The summed E-state index contributed by atoms with van der Waals surface area (Å²) in [5.41, 5.74) is 2.96. The van der Waals surface area contributed by atoms with Crippen LogP contribution in [0.25, 0.3) is 5.65 Å². The van der Waals surface area contributed by atoms with Crippen molar-refractivity contribution >= 4 is 5.65 Å². The highest BCUT2D eigenvalue weighted by Crippen LogP contribution is 2.17. The predicted octanol–water partition coefficient (Wildman–Crippen LogP) is 2.62. The van der Waals surface area contributed by atoms with E-state index in [4.69, 9.17) is 4.74 Å². The second kappa shape index (κ2) is 4.49. The van der Waals surface area contributed by atoms with E-state index in [1.165, 1.54) is 0 Å². The fourth-order valence-electron chi connectivity index (χ4n) is 1.88. The van der Waals surface area contributed by atoms with E-state index in [0.717, 1.165) is 22.7 Å². The molecular formula is C14H13N3O. The van der Waals surface area contributed by atoms with Gasteiger partial charge in [-0.05, 0) is 12.5 Å². The first-order valence-electron chi connectivity index (χ1n) is 5.80. The summed E-state index contributed by atoms with van der Waals surface area (Å²) >= 11 is 0. The standard InChI is InChI=1S/C14H13N3O/c1-11-7-13(8-14-15-10-16-17(11)14)18-9-12-5-3-2-4-6-12/h2-8,10H,9H2,1H3. The van der Waals surface area contributed by atoms with Gasteiger partial charge in [0.1, 0.15) is 18.7 Å². The molecule has 0 N–H and O–H groups in total. The molecule has 0 aliphatic heterocycles. The van der Waals surface area contributed by atoms with Gasteiger partial charge in [-0.25, -0.2) is 9.50 Å². The topological polar surface area (TPSA) is 39.4 Å². The molecule has 0 saturated heterocycles. The maximum atomic E-state index is 5.77. The number of fused-ring (bicyclic) bond motifs is 1. The van der Waals surface area contributed by atoms with Crippen LogP contribution in [0.1, 0.15) is 11.3 Å². The Bertz CT molecular complexity index is 661. The number of pyridine rings is 1. The van der Waals surface area contributed by atoms with E-state index in [9.17, 15) is 0 Å². The van der Waals surface area contributed by atoms with E-state index < -0.39 is 0 Å². The highest BCUT2D eigenvalue weighted by molar-refractivity contribution is 5.45. The molecule has 0 spiro atoms. The van der Waals surface area contributed by atoms with Crippen molar-refractivity contribution in [2.75, 3.05) is 0 Å². The Morgan fingerprint density at radius 1 is 1.17 bits per heavy atom. The normalized spacial score (nSPS) is 10.7. The molecule has 4 nitrogen and oxygen atoms in total. The SMILES string of the molecule is Cc1cc(OCc2ccccc2)cc2ncnn12. The zero-order valence-corrected chi connectivity index (χ0v) is 10.1. The van der Waals surface area contributed by atoms with Crippen LogP contribution in [0.3, 0.4) is 0 Å².